The standard InChI is InChI=1S/C19H24N4/c1-14-3-2-4-15(11-14)12-23-10-8-17(13-23)21-18-7-9-20-19(22-18)16-5-6-16/h2-4,7,9,11,16-17H,5-6,8,10,12-13H2,1H3,(H,20,21,22). The van der Waals surface area contributed by atoms with Crippen molar-refractivity contribution in [1.82, 2.24) is 14.9 Å². The highest BCUT2D eigenvalue weighted by Gasteiger charge is 2.27. The van der Waals surface area contributed by atoms with Crippen molar-refractivity contribution in [3.63, 3.8) is 0 Å². The Kier molecular flexibility index (Phi) is 4.00. The molecule has 1 aliphatic carbocycles. The molecule has 1 unspecified atom stereocenters. The van der Waals surface area contributed by atoms with Crippen molar-refractivity contribution < 1.29 is 0 Å². The lowest BCUT2D eigenvalue weighted by Gasteiger charge is -2.17. The molecule has 120 valence electrons. The van der Waals surface area contributed by atoms with Crippen LogP contribution in [0.15, 0.2) is 36.5 Å². The number of aromatic nitrogens is 2. The summed E-state index contributed by atoms with van der Waals surface area (Å²) in [5, 5.41) is 3.60. The van der Waals surface area contributed by atoms with Gasteiger partial charge in [0.05, 0.1) is 0 Å². The van der Waals surface area contributed by atoms with Crippen LogP contribution in [-0.2, 0) is 6.54 Å². The highest BCUT2D eigenvalue weighted by Crippen LogP contribution is 2.38. The zero-order chi connectivity index (χ0) is 15.6. The fourth-order valence-corrected chi connectivity index (χ4v) is 3.36. The molecule has 0 radical (unpaired) electrons. The van der Waals surface area contributed by atoms with Gasteiger partial charge < -0.3 is 5.32 Å². The maximum absolute atomic E-state index is 4.68. The molecule has 0 spiro atoms. The van der Waals surface area contributed by atoms with Gasteiger partial charge in [0.2, 0.25) is 0 Å². The SMILES string of the molecule is Cc1cccc(CN2CCC(Nc3ccnc(C4CC4)n3)C2)c1. The zero-order valence-corrected chi connectivity index (χ0v) is 13.7. The molecular formula is C19H24N4. The zero-order valence-electron chi connectivity index (χ0n) is 13.7. The number of hydrogen-bond donors (Lipinski definition) is 1. The van der Waals surface area contributed by atoms with Crippen LogP contribution in [0, 0.1) is 6.92 Å². The molecule has 2 heterocycles. The quantitative estimate of drug-likeness (QED) is 0.919. The fraction of sp³-hybridized carbons (Fsp3) is 0.474. The van der Waals surface area contributed by atoms with E-state index in [-0.39, 0.29) is 0 Å². The van der Waals surface area contributed by atoms with Gasteiger partial charge in [-0.15, -0.1) is 0 Å². The maximum Gasteiger partial charge on any atom is 0.133 e. The molecule has 1 atom stereocenters. The highest BCUT2D eigenvalue weighted by atomic mass is 15.2. The van der Waals surface area contributed by atoms with Crippen LogP contribution in [0.2, 0.25) is 0 Å². The first-order valence-electron chi connectivity index (χ1n) is 8.63. The number of aryl methyl sites for hydroxylation is 1. The van der Waals surface area contributed by atoms with Crippen molar-refractivity contribution >= 4 is 5.82 Å². The summed E-state index contributed by atoms with van der Waals surface area (Å²) in [6.07, 6.45) is 5.56. The third-order valence-corrected chi connectivity index (χ3v) is 4.73. The number of benzene rings is 1. The molecule has 0 bridgehead atoms. The lowest BCUT2D eigenvalue weighted by Crippen LogP contribution is -2.26. The van der Waals surface area contributed by atoms with Crippen molar-refractivity contribution in [1.29, 1.82) is 0 Å². The van der Waals surface area contributed by atoms with E-state index in [1.165, 1.54) is 30.4 Å². The lowest BCUT2D eigenvalue weighted by molar-refractivity contribution is 0.328. The Bertz CT molecular complexity index is 681. The van der Waals surface area contributed by atoms with E-state index in [0.29, 0.717) is 12.0 Å². The fourth-order valence-electron chi connectivity index (χ4n) is 3.36. The smallest absolute Gasteiger partial charge is 0.133 e. The Morgan fingerprint density at radius 1 is 1.22 bits per heavy atom. The number of anilines is 1. The number of nitrogens with one attached hydrogen (secondary N) is 1. The van der Waals surface area contributed by atoms with Crippen LogP contribution in [0.25, 0.3) is 0 Å². The average Bonchev–Trinajstić information content (AvgIpc) is 3.30. The predicted octanol–water partition coefficient (Wildman–Crippen LogP) is 3.35. The minimum Gasteiger partial charge on any atom is -0.366 e. The molecule has 1 aromatic carbocycles. The Morgan fingerprint density at radius 2 is 2.13 bits per heavy atom. The van der Waals surface area contributed by atoms with Gasteiger partial charge in [0.15, 0.2) is 0 Å². The molecule has 2 aromatic rings. The second-order valence-electron chi connectivity index (χ2n) is 6.93. The summed E-state index contributed by atoms with van der Waals surface area (Å²) >= 11 is 0. The number of hydrogen-bond acceptors (Lipinski definition) is 4. The third kappa shape index (κ3) is 3.70. The van der Waals surface area contributed by atoms with E-state index in [1.807, 2.05) is 12.3 Å². The summed E-state index contributed by atoms with van der Waals surface area (Å²) in [7, 11) is 0. The van der Waals surface area contributed by atoms with E-state index in [1.54, 1.807) is 0 Å². The molecule has 0 amide bonds. The molecule has 4 rings (SSSR count). The van der Waals surface area contributed by atoms with Gasteiger partial charge in [-0.3, -0.25) is 4.90 Å². The van der Waals surface area contributed by atoms with Crippen LogP contribution in [-0.4, -0.2) is 34.0 Å². The molecule has 1 saturated heterocycles. The summed E-state index contributed by atoms with van der Waals surface area (Å²) < 4.78 is 0. The number of nitrogens with zero attached hydrogens (tertiary/aromatic N) is 3. The molecule has 1 N–H and O–H groups in total. The average molecular weight is 308 g/mol. The number of rotatable bonds is 5. The summed E-state index contributed by atoms with van der Waals surface area (Å²) in [4.78, 5) is 11.6. The van der Waals surface area contributed by atoms with E-state index < -0.39 is 0 Å². The van der Waals surface area contributed by atoms with E-state index in [4.69, 9.17) is 0 Å². The van der Waals surface area contributed by atoms with Crippen LogP contribution >= 0.6 is 0 Å². The van der Waals surface area contributed by atoms with E-state index in [9.17, 15) is 0 Å². The first-order chi connectivity index (χ1) is 11.3. The second kappa shape index (κ2) is 6.28. The van der Waals surface area contributed by atoms with Gasteiger partial charge in [-0.2, -0.15) is 0 Å². The Morgan fingerprint density at radius 3 is 2.96 bits per heavy atom. The molecule has 1 aromatic heterocycles. The third-order valence-electron chi connectivity index (χ3n) is 4.73. The van der Waals surface area contributed by atoms with Gasteiger partial charge >= 0.3 is 0 Å². The van der Waals surface area contributed by atoms with Crippen molar-refractivity contribution in [2.24, 2.45) is 0 Å². The summed E-state index contributed by atoms with van der Waals surface area (Å²) in [6.45, 7) is 5.42. The molecule has 4 nitrogen and oxygen atoms in total. The molecule has 2 aliphatic rings. The Labute approximate surface area is 138 Å². The van der Waals surface area contributed by atoms with E-state index >= 15 is 0 Å². The van der Waals surface area contributed by atoms with Gasteiger partial charge in [-0.1, -0.05) is 29.8 Å². The largest absolute Gasteiger partial charge is 0.366 e. The van der Waals surface area contributed by atoms with Crippen LogP contribution in [0.5, 0.6) is 0 Å². The first-order valence-corrected chi connectivity index (χ1v) is 8.63. The minimum atomic E-state index is 0.488. The molecule has 4 heteroatoms. The van der Waals surface area contributed by atoms with Gasteiger partial charge in [0, 0.05) is 37.8 Å². The van der Waals surface area contributed by atoms with Crippen LogP contribution in [0.4, 0.5) is 5.82 Å². The van der Waals surface area contributed by atoms with Crippen molar-refractivity contribution in [2.75, 3.05) is 18.4 Å². The first kappa shape index (κ1) is 14.6. The predicted molar refractivity (Wildman–Crippen MR) is 92.5 cm³/mol. The summed E-state index contributed by atoms with van der Waals surface area (Å²) in [5.74, 6) is 2.62. The second-order valence-corrected chi connectivity index (χ2v) is 6.93. The van der Waals surface area contributed by atoms with Crippen LogP contribution in [0.1, 0.15) is 42.1 Å². The molecule has 23 heavy (non-hydrogen) atoms. The van der Waals surface area contributed by atoms with E-state index in [2.05, 4.69) is 51.4 Å². The molecule has 1 saturated carbocycles. The van der Waals surface area contributed by atoms with Gasteiger partial charge in [-0.05, 0) is 37.8 Å². The van der Waals surface area contributed by atoms with Gasteiger partial charge in [0.1, 0.15) is 11.6 Å². The normalized spacial score (nSPS) is 21.5. The van der Waals surface area contributed by atoms with E-state index in [0.717, 1.165) is 31.3 Å². The van der Waals surface area contributed by atoms with Crippen LogP contribution in [0.3, 0.4) is 0 Å². The number of likely N-dealkylation sites (tertiary alicyclic amines) is 1. The van der Waals surface area contributed by atoms with Gasteiger partial charge in [-0.25, -0.2) is 9.97 Å². The minimum absolute atomic E-state index is 0.488. The van der Waals surface area contributed by atoms with Gasteiger partial charge in [0.25, 0.3) is 0 Å². The summed E-state index contributed by atoms with van der Waals surface area (Å²) in [5.41, 5.74) is 2.74. The monoisotopic (exact) mass is 308 g/mol. The van der Waals surface area contributed by atoms with Crippen molar-refractivity contribution in [3.8, 4) is 0 Å². The highest BCUT2D eigenvalue weighted by molar-refractivity contribution is 5.35. The van der Waals surface area contributed by atoms with Crippen LogP contribution < -0.4 is 5.32 Å². The topological polar surface area (TPSA) is 41.0 Å². The summed E-state index contributed by atoms with van der Waals surface area (Å²) in [6, 6.07) is 11.3. The maximum atomic E-state index is 4.68. The molecule has 1 aliphatic heterocycles. The molecular weight excluding hydrogens is 284 g/mol. The molecule has 2 fully saturated rings. The Balaban J connectivity index is 1.34. The lowest BCUT2D eigenvalue weighted by atomic mass is 10.1. The van der Waals surface area contributed by atoms with Crippen molar-refractivity contribution in [2.45, 2.75) is 44.7 Å². The van der Waals surface area contributed by atoms with Crippen molar-refractivity contribution in [3.05, 3.63) is 53.5 Å². The Hall–Kier alpha value is -1.94.